The highest BCUT2D eigenvalue weighted by Crippen LogP contribution is 2.31. The van der Waals surface area contributed by atoms with Crippen molar-refractivity contribution in [1.82, 2.24) is 4.90 Å². The Kier molecular flexibility index (Phi) is 5.11. The number of nitrogens with zero attached hydrogens (tertiary/aromatic N) is 1. The molecule has 0 bridgehead atoms. The third-order valence-corrected chi connectivity index (χ3v) is 4.71. The van der Waals surface area contributed by atoms with Crippen molar-refractivity contribution in [2.24, 2.45) is 0 Å². The lowest BCUT2D eigenvalue weighted by atomic mass is 10.1. The number of methoxy groups -OCH3 is 1. The van der Waals surface area contributed by atoms with Gasteiger partial charge in [0.2, 0.25) is 0 Å². The van der Waals surface area contributed by atoms with Crippen LogP contribution in [0.2, 0.25) is 5.02 Å². The Morgan fingerprint density at radius 2 is 1.96 bits per heavy atom. The van der Waals surface area contributed by atoms with E-state index in [2.05, 4.69) is 0 Å². The summed E-state index contributed by atoms with van der Waals surface area (Å²) in [6, 6.07) is 9.99. The number of carbonyl (C=O) groups excluding carboxylic acids is 1. The normalized spacial score (nSPS) is 20.0. The van der Waals surface area contributed by atoms with Gasteiger partial charge in [0.1, 0.15) is 11.8 Å². The second kappa shape index (κ2) is 7.29. The van der Waals surface area contributed by atoms with E-state index in [1.165, 1.54) is 12.0 Å². The molecule has 7 heteroatoms. The summed E-state index contributed by atoms with van der Waals surface area (Å²) in [7, 11) is 1.51. The summed E-state index contributed by atoms with van der Waals surface area (Å²) < 4.78 is 10.9. The maximum Gasteiger partial charge on any atom is 0.326 e. The molecule has 2 aromatic rings. The van der Waals surface area contributed by atoms with Crippen LogP contribution in [-0.2, 0) is 14.3 Å². The molecule has 3 rings (SSSR count). The van der Waals surface area contributed by atoms with Crippen molar-refractivity contribution in [3.8, 4) is 5.75 Å². The average Bonchev–Trinajstić information content (AvgIpc) is 3.06. The minimum absolute atomic E-state index is 0.244. The van der Waals surface area contributed by atoms with Crippen molar-refractivity contribution in [1.29, 1.82) is 0 Å². The maximum atomic E-state index is 12.5. The number of aliphatic carboxylic acids is 1. The first-order chi connectivity index (χ1) is 12.0. The smallest absolute Gasteiger partial charge is 0.326 e. The molecule has 1 aliphatic heterocycles. The summed E-state index contributed by atoms with van der Waals surface area (Å²) in [5.41, 5.74) is 0. The summed E-state index contributed by atoms with van der Waals surface area (Å²) in [4.78, 5) is 25.1. The van der Waals surface area contributed by atoms with Crippen LogP contribution in [0.5, 0.6) is 5.75 Å². The monoisotopic (exact) mass is 363 g/mol. The molecular formula is C18H18ClNO5. The number of carboxylic acids is 1. The molecule has 0 spiro atoms. The van der Waals surface area contributed by atoms with Gasteiger partial charge in [-0.25, -0.2) is 4.79 Å². The van der Waals surface area contributed by atoms with E-state index in [-0.39, 0.29) is 31.6 Å². The molecule has 2 unspecified atom stereocenters. The van der Waals surface area contributed by atoms with Crippen LogP contribution in [-0.4, -0.2) is 54.3 Å². The minimum atomic E-state index is -1.04. The molecular weight excluding hydrogens is 346 g/mol. The van der Waals surface area contributed by atoms with Crippen LogP contribution in [0.1, 0.15) is 6.42 Å². The van der Waals surface area contributed by atoms with Crippen molar-refractivity contribution in [2.75, 3.05) is 20.3 Å². The minimum Gasteiger partial charge on any atom is -0.483 e. The van der Waals surface area contributed by atoms with Gasteiger partial charge >= 0.3 is 5.97 Å². The zero-order valence-electron chi connectivity index (χ0n) is 13.6. The largest absolute Gasteiger partial charge is 0.483 e. The van der Waals surface area contributed by atoms with Crippen LogP contribution in [0.3, 0.4) is 0 Å². The summed E-state index contributed by atoms with van der Waals surface area (Å²) >= 11 is 6.17. The van der Waals surface area contributed by atoms with E-state index in [0.29, 0.717) is 10.8 Å². The SMILES string of the molecule is COC1CC(C(=O)O)N(C(=O)COc2ccc(Cl)c3ccccc23)C1. The number of carbonyl (C=O) groups is 2. The highest BCUT2D eigenvalue weighted by atomic mass is 35.5. The first kappa shape index (κ1) is 17.5. The lowest BCUT2D eigenvalue weighted by Gasteiger charge is -2.21. The number of carboxylic acid groups (broad SMARTS) is 1. The number of hydrogen-bond donors (Lipinski definition) is 1. The van der Waals surface area contributed by atoms with Gasteiger partial charge in [-0.2, -0.15) is 0 Å². The molecule has 25 heavy (non-hydrogen) atoms. The van der Waals surface area contributed by atoms with E-state index in [1.807, 2.05) is 24.3 Å². The fraction of sp³-hybridized carbons (Fsp3) is 0.333. The molecule has 1 amide bonds. The second-order valence-electron chi connectivity index (χ2n) is 5.87. The quantitative estimate of drug-likeness (QED) is 0.883. The molecule has 6 nitrogen and oxygen atoms in total. The van der Waals surface area contributed by atoms with Crippen molar-refractivity contribution in [3.05, 3.63) is 41.4 Å². The summed E-state index contributed by atoms with van der Waals surface area (Å²) in [5, 5.41) is 11.5. The molecule has 1 saturated heterocycles. The van der Waals surface area contributed by atoms with Crippen LogP contribution in [0.4, 0.5) is 0 Å². The van der Waals surface area contributed by atoms with Crippen molar-refractivity contribution < 1.29 is 24.2 Å². The molecule has 0 aliphatic carbocycles. The molecule has 1 fully saturated rings. The standard InChI is InChI=1S/C18H18ClNO5/c1-24-11-8-15(18(22)23)20(9-11)17(21)10-25-16-7-6-14(19)12-4-2-3-5-13(12)16/h2-7,11,15H,8-10H2,1H3,(H,22,23). The van der Waals surface area contributed by atoms with E-state index in [4.69, 9.17) is 21.1 Å². The lowest BCUT2D eigenvalue weighted by Crippen LogP contribution is -2.43. The van der Waals surface area contributed by atoms with Gasteiger partial charge in [0.15, 0.2) is 6.61 Å². The molecule has 1 heterocycles. The Bertz CT molecular complexity index is 809. The lowest BCUT2D eigenvalue weighted by molar-refractivity contribution is -0.148. The fourth-order valence-electron chi connectivity index (χ4n) is 3.06. The van der Waals surface area contributed by atoms with Gasteiger partial charge in [0.25, 0.3) is 5.91 Å². The third-order valence-electron chi connectivity index (χ3n) is 4.38. The van der Waals surface area contributed by atoms with Gasteiger partial charge in [-0.05, 0) is 12.1 Å². The number of amides is 1. The average molecular weight is 364 g/mol. The van der Waals surface area contributed by atoms with Crippen LogP contribution in [0.25, 0.3) is 10.8 Å². The molecule has 0 radical (unpaired) electrons. The summed E-state index contributed by atoms with van der Waals surface area (Å²) in [5.74, 6) is -0.890. The molecule has 0 saturated carbocycles. The van der Waals surface area contributed by atoms with E-state index >= 15 is 0 Å². The molecule has 2 atom stereocenters. The number of ether oxygens (including phenoxy) is 2. The van der Waals surface area contributed by atoms with Crippen LogP contribution >= 0.6 is 11.6 Å². The van der Waals surface area contributed by atoms with Gasteiger partial charge in [0.05, 0.1) is 6.10 Å². The Balaban J connectivity index is 1.74. The molecule has 1 aliphatic rings. The second-order valence-corrected chi connectivity index (χ2v) is 6.28. The van der Waals surface area contributed by atoms with Crippen LogP contribution < -0.4 is 4.74 Å². The Labute approximate surface area is 149 Å². The molecule has 2 aromatic carbocycles. The van der Waals surface area contributed by atoms with Gasteiger partial charge in [0, 0.05) is 35.9 Å². The molecule has 1 N–H and O–H groups in total. The first-order valence-electron chi connectivity index (χ1n) is 7.86. The van der Waals surface area contributed by atoms with Gasteiger partial charge in [-0.1, -0.05) is 35.9 Å². The zero-order chi connectivity index (χ0) is 18.0. The highest BCUT2D eigenvalue weighted by molar-refractivity contribution is 6.35. The predicted molar refractivity (Wildman–Crippen MR) is 93.0 cm³/mol. The predicted octanol–water partition coefficient (Wildman–Crippen LogP) is 2.57. The topological polar surface area (TPSA) is 76.1 Å². The Hall–Kier alpha value is -2.31. The van der Waals surface area contributed by atoms with Crippen molar-refractivity contribution in [3.63, 3.8) is 0 Å². The van der Waals surface area contributed by atoms with Crippen LogP contribution in [0.15, 0.2) is 36.4 Å². The number of benzene rings is 2. The zero-order valence-corrected chi connectivity index (χ0v) is 14.4. The summed E-state index contributed by atoms with van der Waals surface area (Å²) in [6.07, 6.45) is 0.00274. The van der Waals surface area contributed by atoms with Crippen molar-refractivity contribution >= 4 is 34.2 Å². The van der Waals surface area contributed by atoms with E-state index in [9.17, 15) is 14.7 Å². The Morgan fingerprint density at radius 3 is 2.64 bits per heavy atom. The number of likely N-dealkylation sites (tertiary alicyclic amines) is 1. The molecule has 0 aromatic heterocycles. The number of halogens is 1. The van der Waals surface area contributed by atoms with E-state index in [1.54, 1.807) is 12.1 Å². The summed E-state index contributed by atoms with van der Waals surface area (Å²) in [6.45, 7) is 0.00284. The number of hydrogen-bond acceptors (Lipinski definition) is 4. The third kappa shape index (κ3) is 3.55. The number of fused-ring (bicyclic) bond motifs is 1. The fourth-order valence-corrected chi connectivity index (χ4v) is 3.29. The molecule has 132 valence electrons. The van der Waals surface area contributed by atoms with E-state index < -0.39 is 12.0 Å². The van der Waals surface area contributed by atoms with Gasteiger partial charge in [-0.15, -0.1) is 0 Å². The van der Waals surface area contributed by atoms with E-state index in [0.717, 1.165) is 10.8 Å². The van der Waals surface area contributed by atoms with Crippen molar-refractivity contribution in [2.45, 2.75) is 18.6 Å². The van der Waals surface area contributed by atoms with Gasteiger partial charge < -0.3 is 19.5 Å². The number of rotatable bonds is 5. The van der Waals surface area contributed by atoms with Gasteiger partial charge in [-0.3, -0.25) is 4.79 Å². The van der Waals surface area contributed by atoms with Crippen LogP contribution in [0, 0.1) is 0 Å². The first-order valence-corrected chi connectivity index (χ1v) is 8.24. The Morgan fingerprint density at radius 1 is 1.24 bits per heavy atom. The maximum absolute atomic E-state index is 12.5. The highest BCUT2D eigenvalue weighted by Gasteiger charge is 2.39.